The maximum atomic E-state index is 12.6. The van der Waals surface area contributed by atoms with Gasteiger partial charge in [0.1, 0.15) is 5.75 Å². The van der Waals surface area contributed by atoms with Crippen LogP contribution in [-0.2, 0) is 6.54 Å². The predicted octanol–water partition coefficient (Wildman–Crippen LogP) is 4.10. The molecular formula is C21H22N2O4. The molecule has 0 unspecified atom stereocenters. The number of carbonyl (C=O) groups is 1. The van der Waals surface area contributed by atoms with Crippen molar-refractivity contribution in [2.24, 2.45) is 0 Å². The summed E-state index contributed by atoms with van der Waals surface area (Å²) in [5, 5.41) is 11.1. The van der Waals surface area contributed by atoms with Gasteiger partial charge >= 0.3 is 0 Å². The molecule has 140 valence electrons. The highest BCUT2D eigenvalue weighted by molar-refractivity contribution is 6.07. The van der Waals surface area contributed by atoms with Crippen LogP contribution in [0, 0.1) is 10.1 Å². The molecule has 0 amide bonds. The lowest BCUT2D eigenvalue weighted by molar-refractivity contribution is -0.385. The van der Waals surface area contributed by atoms with Crippen molar-refractivity contribution < 1.29 is 14.5 Å². The van der Waals surface area contributed by atoms with Crippen molar-refractivity contribution in [2.45, 2.75) is 19.4 Å². The molecule has 0 radical (unpaired) electrons. The molecule has 3 rings (SSSR count). The standard InChI is InChI=1S/C21H22N2O4/c1-27-21-11-9-17(14-18(21)15-22-12-4-5-13-22)20(24)10-8-16-6-2-3-7-19(16)23(25)26/h2-3,6-11,14H,4-5,12-13,15H2,1H3/b10-8+. The largest absolute Gasteiger partial charge is 0.496 e. The van der Waals surface area contributed by atoms with Crippen molar-refractivity contribution >= 4 is 17.5 Å². The minimum absolute atomic E-state index is 0.0222. The first-order chi connectivity index (χ1) is 13.1. The van der Waals surface area contributed by atoms with E-state index >= 15 is 0 Å². The molecule has 0 N–H and O–H groups in total. The number of rotatable bonds is 7. The number of nitro groups is 1. The Balaban J connectivity index is 1.81. The molecule has 0 aromatic heterocycles. The van der Waals surface area contributed by atoms with E-state index in [4.69, 9.17) is 4.74 Å². The van der Waals surface area contributed by atoms with Gasteiger partial charge in [0.25, 0.3) is 5.69 Å². The van der Waals surface area contributed by atoms with E-state index in [2.05, 4.69) is 4.90 Å². The molecular weight excluding hydrogens is 344 g/mol. The number of likely N-dealkylation sites (tertiary alicyclic amines) is 1. The van der Waals surface area contributed by atoms with Gasteiger partial charge in [-0.25, -0.2) is 0 Å². The number of nitro benzene ring substituents is 1. The van der Waals surface area contributed by atoms with E-state index in [1.807, 2.05) is 6.07 Å². The Morgan fingerprint density at radius 2 is 1.96 bits per heavy atom. The van der Waals surface area contributed by atoms with Crippen LogP contribution in [0.3, 0.4) is 0 Å². The third-order valence-electron chi connectivity index (χ3n) is 4.71. The summed E-state index contributed by atoms with van der Waals surface area (Å²) >= 11 is 0. The number of hydrogen-bond acceptors (Lipinski definition) is 5. The lowest BCUT2D eigenvalue weighted by Crippen LogP contribution is -2.19. The molecule has 0 bridgehead atoms. The second-order valence-electron chi connectivity index (χ2n) is 6.52. The zero-order valence-electron chi connectivity index (χ0n) is 15.3. The summed E-state index contributed by atoms with van der Waals surface area (Å²) in [5.74, 6) is 0.569. The third-order valence-corrected chi connectivity index (χ3v) is 4.71. The zero-order valence-corrected chi connectivity index (χ0v) is 15.3. The van der Waals surface area contributed by atoms with E-state index < -0.39 is 4.92 Å². The van der Waals surface area contributed by atoms with Crippen molar-refractivity contribution in [1.29, 1.82) is 0 Å². The summed E-state index contributed by atoms with van der Waals surface area (Å²) in [6, 6.07) is 11.7. The molecule has 1 aliphatic rings. The van der Waals surface area contributed by atoms with Crippen LogP contribution < -0.4 is 4.74 Å². The number of para-hydroxylation sites is 1. The maximum absolute atomic E-state index is 12.6. The molecule has 1 aliphatic heterocycles. The summed E-state index contributed by atoms with van der Waals surface area (Å²) in [6.07, 6.45) is 5.26. The van der Waals surface area contributed by atoms with Gasteiger partial charge in [0.2, 0.25) is 0 Å². The van der Waals surface area contributed by atoms with Crippen molar-refractivity contribution in [3.8, 4) is 5.75 Å². The molecule has 6 nitrogen and oxygen atoms in total. The molecule has 0 aliphatic carbocycles. The normalized spacial score (nSPS) is 14.6. The number of nitrogens with zero attached hydrogens (tertiary/aromatic N) is 2. The fourth-order valence-electron chi connectivity index (χ4n) is 3.29. The number of carbonyl (C=O) groups excluding carboxylic acids is 1. The summed E-state index contributed by atoms with van der Waals surface area (Å²) in [7, 11) is 1.62. The van der Waals surface area contributed by atoms with Crippen LogP contribution in [0.2, 0.25) is 0 Å². The summed E-state index contributed by atoms with van der Waals surface area (Å²) < 4.78 is 5.43. The average Bonchev–Trinajstić information content (AvgIpc) is 3.19. The Bertz CT molecular complexity index is 870. The Morgan fingerprint density at radius 1 is 1.22 bits per heavy atom. The van der Waals surface area contributed by atoms with Crippen LogP contribution in [0.15, 0.2) is 48.5 Å². The van der Waals surface area contributed by atoms with Gasteiger partial charge < -0.3 is 4.74 Å². The van der Waals surface area contributed by atoms with Gasteiger partial charge in [0, 0.05) is 23.7 Å². The fourth-order valence-corrected chi connectivity index (χ4v) is 3.29. The van der Waals surface area contributed by atoms with Crippen LogP contribution in [0.4, 0.5) is 5.69 Å². The summed E-state index contributed by atoms with van der Waals surface area (Å²) in [6.45, 7) is 2.86. The van der Waals surface area contributed by atoms with E-state index in [0.717, 1.165) is 30.9 Å². The van der Waals surface area contributed by atoms with Gasteiger partial charge in [-0.2, -0.15) is 0 Å². The highest BCUT2D eigenvalue weighted by Crippen LogP contribution is 2.24. The van der Waals surface area contributed by atoms with Crippen LogP contribution in [0.25, 0.3) is 6.08 Å². The van der Waals surface area contributed by atoms with Crippen LogP contribution in [-0.4, -0.2) is 35.8 Å². The quantitative estimate of drug-likeness (QED) is 0.319. The molecule has 2 aromatic rings. The smallest absolute Gasteiger partial charge is 0.276 e. The molecule has 1 heterocycles. The van der Waals surface area contributed by atoms with Crippen molar-refractivity contribution in [3.05, 3.63) is 75.3 Å². The molecule has 0 saturated carbocycles. The highest BCUT2D eigenvalue weighted by Gasteiger charge is 2.16. The SMILES string of the molecule is COc1ccc(C(=O)/C=C/c2ccccc2[N+](=O)[O-])cc1CN1CCCC1. The van der Waals surface area contributed by atoms with Gasteiger partial charge in [-0.15, -0.1) is 0 Å². The Hall–Kier alpha value is -2.99. The number of ether oxygens (including phenoxy) is 1. The lowest BCUT2D eigenvalue weighted by atomic mass is 10.0. The van der Waals surface area contributed by atoms with Gasteiger partial charge in [0.15, 0.2) is 5.78 Å². The minimum atomic E-state index is -0.453. The maximum Gasteiger partial charge on any atom is 0.276 e. The number of benzene rings is 2. The second-order valence-corrected chi connectivity index (χ2v) is 6.52. The Labute approximate surface area is 158 Å². The monoisotopic (exact) mass is 366 g/mol. The van der Waals surface area contributed by atoms with Crippen molar-refractivity contribution in [3.63, 3.8) is 0 Å². The van der Waals surface area contributed by atoms with E-state index in [-0.39, 0.29) is 11.5 Å². The number of allylic oxidation sites excluding steroid dienone is 1. The highest BCUT2D eigenvalue weighted by atomic mass is 16.6. The number of methoxy groups -OCH3 is 1. The lowest BCUT2D eigenvalue weighted by Gasteiger charge is -2.17. The molecule has 27 heavy (non-hydrogen) atoms. The zero-order chi connectivity index (χ0) is 19.2. The third kappa shape index (κ3) is 4.60. The minimum Gasteiger partial charge on any atom is -0.496 e. The predicted molar refractivity (Wildman–Crippen MR) is 104 cm³/mol. The van der Waals surface area contributed by atoms with Crippen LogP contribution in [0.1, 0.15) is 34.3 Å². The van der Waals surface area contributed by atoms with Crippen molar-refractivity contribution in [1.82, 2.24) is 4.90 Å². The van der Waals surface area contributed by atoms with Gasteiger partial charge in [-0.1, -0.05) is 12.1 Å². The van der Waals surface area contributed by atoms with Crippen LogP contribution in [0.5, 0.6) is 5.75 Å². The van der Waals surface area contributed by atoms with Gasteiger partial charge in [0.05, 0.1) is 17.6 Å². The molecule has 1 fully saturated rings. The number of hydrogen-bond donors (Lipinski definition) is 0. The summed E-state index contributed by atoms with van der Waals surface area (Å²) in [5.41, 5.74) is 1.90. The van der Waals surface area contributed by atoms with Gasteiger partial charge in [-0.05, 0) is 62.3 Å². The molecule has 2 aromatic carbocycles. The van der Waals surface area contributed by atoms with Crippen LogP contribution >= 0.6 is 0 Å². The molecule has 6 heteroatoms. The van der Waals surface area contributed by atoms with E-state index in [9.17, 15) is 14.9 Å². The first-order valence-electron chi connectivity index (χ1n) is 8.93. The van der Waals surface area contributed by atoms with E-state index in [1.165, 1.54) is 31.1 Å². The average molecular weight is 366 g/mol. The Morgan fingerprint density at radius 3 is 2.67 bits per heavy atom. The van der Waals surface area contributed by atoms with Crippen molar-refractivity contribution in [2.75, 3.05) is 20.2 Å². The second kappa shape index (κ2) is 8.60. The molecule has 1 saturated heterocycles. The fraction of sp³-hybridized carbons (Fsp3) is 0.286. The van der Waals surface area contributed by atoms with Gasteiger partial charge in [-0.3, -0.25) is 19.8 Å². The first-order valence-corrected chi connectivity index (χ1v) is 8.93. The number of ketones is 1. The van der Waals surface area contributed by atoms with E-state index in [1.54, 1.807) is 37.4 Å². The Kier molecular flexibility index (Phi) is 5.98. The molecule has 0 atom stereocenters. The topological polar surface area (TPSA) is 72.7 Å². The van der Waals surface area contributed by atoms with E-state index in [0.29, 0.717) is 11.1 Å². The first kappa shape index (κ1) is 18.8. The molecule has 0 spiro atoms. The summed E-state index contributed by atoms with van der Waals surface area (Å²) in [4.78, 5) is 25.6.